The predicted molar refractivity (Wildman–Crippen MR) is 111 cm³/mol. The van der Waals surface area contributed by atoms with Crippen molar-refractivity contribution < 1.29 is 4.79 Å². The minimum absolute atomic E-state index is 0.0255. The number of rotatable bonds is 6. The minimum atomic E-state index is 0.0255. The number of amides is 1. The fourth-order valence-corrected chi connectivity index (χ4v) is 3.75. The first-order valence-corrected chi connectivity index (χ1v) is 9.99. The molecule has 5 heteroatoms. The number of aromatic nitrogens is 2. The molecule has 0 radical (unpaired) electrons. The molecule has 0 bridgehead atoms. The second-order valence-electron chi connectivity index (χ2n) is 6.52. The molecule has 2 aromatic heterocycles. The molecular formula is C22H21N3OS. The first kappa shape index (κ1) is 17.5. The van der Waals surface area contributed by atoms with Gasteiger partial charge in [0.25, 0.3) is 0 Å². The van der Waals surface area contributed by atoms with Crippen molar-refractivity contribution in [2.24, 2.45) is 0 Å². The maximum atomic E-state index is 12.3. The van der Waals surface area contributed by atoms with E-state index in [1.54, 1.807) is 11.3 Å². The SMILES string of the molecule is CCc1ccc(CCC(=O)Nc2cccc(-c3cn4ccsc4n3)c2)cc1. The zero-order valence-electron chi connectivity index (χ0n) is 15.2. The van der Waals surface area contributed by atoms with E-state index in [1.165, 1.54) is 11.1 Å². The Morgan fingerprint density at radius 2 is 1.96 bits per heavy atom. The van der Waals surface area contributed by atoms with Crippen molar-refractivity contribution in [2.45, 2.75) is 26.2 Å². The van der Waals surface area contributed by atoms with Crippen LogP contribution in [0.3, 0.4) is 0 Å². The normalized spacial score (nSPS) is 11.0. The van der Waals surface area contributed by atoms with Gasteiger partial charge < -0.3 is 5.32 Å². The number of hydrogen-bond acceptors (Lipinski definition) is 3. The van der Waals surface area contributed by atoms with Gasteiger partial charge in [-0.1, -0.05) is 43.3 Å². The number of imidazole rings is 1. The smallest absolute Gasteiger partial charge is 0.224 e. The number of nitrogens with one attached hydrogen (secondary N) is 1. The van der Waals surface area contributed by atoms with Gasteiger partial charge in [-0.2, -0.15) is 0 Å². The quantitative estimate of drug-likeness (QED) is 0.504. The summed E-state index contributed by atoms with van der Waals surface area (Å²) in [5, 5.41) is 5.01. The standard InChI is InChI=1S/C22H21N3OS/c1-2-16-6-8-17(9-7-16)10-11-21(26)23-19-5-3-4-18(14-19)20-15-25-12-13-27-22(25)24-20/h3-9,12-15H,2,10-11H2,1H3,(H,23,26). The van der Waals surface area contributed by atoms with Crippen LogP contribution in [0.4, 0.5) is 5.69 Å². The Labute approximate surface area is 162 Å². The second-order valence-corrected chi connectivity index (χ2v) is 7.39. The summed E-state index contributed by atoms with van der Waals surface area (Å²) in [5.74, 6) is 0.0255. The zero-order chi connectivity index (χ0) is 18.6. The number of anilines is 1. The molecular weight excluding hydrogens is 354 g/mol. The third-order valence-corrected chi connectivity index (χ3v) is 5.38. The number of aryl methyl sites for hydroxylation is 2. The Morgan fingerprint density at radius 3 is 2.74 bits per heavy atom. The van der Waals surface area contributed by atoms with Crippen LogP contribution in [0.5, 0.6) is 0 Å². The molecule has 4 rings (SSSR count). The van der Waals surface area contributed by atoms with Gasteiger partial charge in [-0.15, -0.1) is 11.3 Å². The summed E-state index contributed by atoms with van der Waals surface area (Å²) in [6.45, 7) is 2.14. The van der Waals surface area contributed by atoms with Crippen LogP contribution in [0.25, 0.3) is 16.2 Å². The molecule has 136 valence electrons. The van der Waals surface area contributed by atoms with Crippen LogP contribution in [0.15, 0.2) is 66.3 Å². The first-order chi connectivity index (χ1) is 13.2. The monoisotopic (exact) mass is 375 g/mol. The summed E-state index contributed by atoms with van der Waals surface area (Å²) < 4.78 is 2.01. The van der Waals surface area contributed by atoms with Gasteiger partial charge in [-0.25, -0.2) is 4.98 Å². The van der Waals surface area contributed by atoms with E-state index in [2.05, 4.69) is 41.5 Å². The van der Waals surface area contributed by atoms with Crippen LogP contribution < -0.4 is 5.32 Å². The van der Waals surface area contributed by atoms with E-state index < -0.39 is 0 Å². The Morgan fingerprint density at radius 1 is 1.15 bits per heavy atom. The Balaban J connectivity index is 1.39. The van der Waals surface area contributed by atoms with Gasteiger partial charge in [0.2, 0.25) is 5.91 Å². The van der Waals surface area contributed by atoms with E-state index in [1.807, 2.05) is 46.4 Å². The van der Waals surface area contributed by atoms with Crippen molar-refractivity contribution in [3.05, 3.63) is 77.4 Å². The van der Waals surface area contributed by atoms with E-state index in [0.717, 1.165) is 34.7 Å². The average molecular weight is 375 g/mol. The minimum Gasteiger partial charge on any atom is -0.326 e. The van der Waals surface area contributed by atoms with Crippen LogP contribution in [0.1, 0.15) is 24.5 Å². The van der Waals surface area contributed by atoms with E-state index in [4.69, 9.17) is 0 Å². The number of fused-ring (bicyclic) bond motifs is 1. The van der Waals surface area contributed by atoms with Crippen LogP contribution in [0.2, 0.25) is 0 Å². The molecule has 4 aromatic rings. The summed E-state index contributed by atoms with van der Waals surface area (Å²) in [4.78, 5) is 17.9. The number of carbonyl (C=O) groups excluding carboxylic acids is 1. The third kappa shape index (κ3) is 4.09. The van der Waals surface area contributed by atoms with Crippen LogP contribution in [-0.2, 0) is 17.6 Å². The summed E-state index contributed by atoms with van der Waals surface area (Å²) in [5.41, 5.74) is 5.22. The summed E-state index contributed by atoms with van der Waals surface area (Å²) >= 11 is 1.61. The molecule has 0 aliphatic rings. The Hall–Kier alpha value is -2.92. The van der Waals surface area contributed by atoms with Crippen LogP contribution in [-0.4, -0.2) is 15.3 Å². The van der Waals surface area contributed by atoms with Crippen LogP contribution in [0, 0.1) is 0 Å². The predicted octanol–water partition coefficient (Wildman–Crippen LogP) is 5.20. The molecule has 0 spiro atoms. The molecule has 0 aliphatic heterocycles. The van der Waals surface area contributed by atoms with E-state index in [-0.39, 0.29) is 5.91 Å². The van der Waals surface area contributed by atoms with Gasteiger partial charge in [0.1, 0.15) is 0 Å². The van der Waals surface area contributed by atoms with Crippen LogP contribution >= 0.6 is 11.3 Å². The van der Waals surface area contributed by atoms with Gasteiger partial charge in [0, 0.05) is 35.4 Å². The lowest BCUT2D eigenvalue weighted by Crippen LogP contribution is -2.12. The van der Waals surface area contributed by atoms with Crippen molar-refractivity contribution in [1.29, 1.82) is 0 Å². The molecule has 0 atom stereocenters. The molecule has 1 N–H and O–H groups in total. The van der Waals surface area contributed by atoms with Crippen molar-refractivity contribution in [1.82, 2.24) is 9.38 Å². The van der Waals surface area contributed by atoms with Gasteiger partial charge in [-0.05, 0) is 36.1 Å². The van der Waals surface area contributed by atoms with E-state index in [9.17, 15) is 4.79 Å². The molecule has 1 amide bonds. The molecule has 2 heterocycles. The second kappa shape index (κ2) is 7.76. The number of benzene rings is 2. The van der Waals surface area contributed by atoms with Crippen molar-refractivity contribution in [2.75, 3.05) is 5.32 Å². The molecule has 0 aliphatic carbocycles. The topological polar surface area (TPSA) is 46.4 Å². The number of nitrogens with zero attached hydrogens (tertiary/aromatic N) is 2. The summed E-state index contributed by atoms with van der Waals surface area (Å²) in [6, 6.07) is 16.3. The van der Waals surface area contributed by atoms with Gasteiger partial charge in [-0.3, -0.25) is 9.20 Å². The third-order valence-electron chi connectivity index (χ3n) is 4.61. The maximum absolute atomic E-state index is 12.3. The molecule has 4 nitrogen and oxygen atoms in total. The summed E-state index contributed by atoms with van der Waals surface area (Å²) in [6.07, 6.45) is 6.25. The molecule has 0 saturated carbocycles. The van der Waals surface area contributed by atoms with Gasteiger partial charge >= 0.3 is 0 Å². The molecule has 0 saturated heterocycles. The average Bonchev–Trinajstić information content (AvgIpc) is 3.29. The lowest BCUT2D eigenvalue weighted by molar-refractivity contribution is -0.116. The van der Waals surface area contributed by atoms with Crippen molar-refractivity contribution in [3.8, 4) is 11.3 Å². The zero-order valence-corrected chi connectivity index (χ0v) is 16.0. The highest BCUT2D eigenvalue weighted by atomic mass is 32.1. The van der Waals surface area contributed by atoms with E-state index >= 15 is 0 Å². The van der Waals surface area contributed by atoms with Crippen molar-refractivity contribution >= 4 is 27.9 Å². The number of carbonyl (C=O) groups is 1. The highest BCUT2D eigenvalue weighted by molar-refractivity contribution is 7.15. The fraction of sp³-hybridized carbons (Fsp3) is 0.182. The molecule has 0 fully saturated rings. The lowest BCUT2D eigenvalue weighted by atomic mass is 10.1. The molecule has 0 unspecified atom stereocenters. The molecule has 27 heavy (non-hydrogen) atoms. The van der Waals surface area contributed by atoms with Gasteiger partial charge in [0.05, 0.1) is 5.69 Å². The number of thiazole rings is 1. The summed E-state index contributed by atoms with van der Waals surface area (Å²) in [7, 11) is 0. The largest absolute Gasteiger partial charge is 0.326 e. The molecule has 2 aromatic carbocycles. The fourth-order valence-electron chi connectivity index (χ4n) is 3.05. The van der Waals surface area contributed by atoms with Gasteiger partial charge in [0.15, 0.2) is 4.96 Å². The number of hydrogen-bond donors (Lipinski definition) is 1. The van der Waals surface area contributed by atoms with E-state index in [0.29, 0.717) is 6.42 Å². The lowest BCUT2D eigenvalue weighted by Gasteiger charge is -2.07. The maximum Gasteiger partial charge on any atom is 0.224 e. The Bertz CT molecular complexity index is 1030. The highest BCUT2D eigenvalue weighted by Gasteiger charge is 2.08. The highest BCUT2D eigenvalue weighted by Crippen LogP contribution is 2.24. The Kier molecular flexibility index (Phi) is 5.03. The van der Waals surface area contributed by atoms with Crippen molar-refractivity contribution in [3.63, 3.8) is 0 Å². The first-order valence-electron chi connectivity index (χ1n) is 9.11.